The van der Waals surface area contributed by atoms with Crippen LogP contribution in [0.1, 0.15) is 22.3 Å². The van der Waals surface area contributed by atoms with Gasteiger partial charge in [0.25, 0.3) is 0 Å². The fourth-order valence-electron chi connectivity index (χ4n) is 1.70. The number of aldehydes is 1. The molecule has 0 fully saturated rings. The number of hydrogen-bond acceptors (Lipinski definition) is 2. The summed E-state index contributed by atoms with van der Waals surface area (Å²) in [6.07, 6.45) is 0.963. The largest absolute Gasteiger partial charge is 0.298 e. The smallest absolute Gasteiger partial charge is 0.151 e. The van der Waals surface area contributed by atoms with Gasteiger partial charge in [0.05, 0.1) is 12.5 Å². The van der Waals surface area contributed by atoms with Crippen LogP contribution >= 0.6 is 0 Å². The predicted octanol–water partition coefficient (Wildman–Crippen LogP) is 2.92. The number of fused-ring (bicyclic) bond motifs is 1. The molecule has 2 nitrogen and oxygen atoms in total. The lowest BCUT2D eigenvalue weighted by molar-refractivity contribution is 0.112. The average Bonchev–Trinajstić information content (AvgIpc) is 2.39. The number of carbonyl (C=O) groups is 1. The maximum Gasteiger partial charge on any atom is 0.151 e. The SMILES string of the molecule is N#CCC#Cc1c(C=O)ccc2ccccc12. The molecule has 0 aliphatic heterocycles. The molecule has 2 aromatic carbocycles. The van der Waals surface area contributed by atoms with Gasteiger partial charge in [-0.3, -0.25) is 4.79 Å². The molecule has 0 radical (unpaired) electrons. The second-order valence-corrected chi connectivity index (χ2v) is 3.51. The van der Waals surface area contributed by atoms with Gasteiger partial charge in [-0.1, -0.05) is 42.2 Å². The van der Waals surface area contributed by atoms with E-state index in [1.807, 2.05) is 36.4 Å². The van der Waals surface area contributed by atoms with Gasteiger partial charge in [-0.2, -0.15) is 5.26 Å². The summed E-state index contributed by atoms with van der Waals surface area (Å²) < 4.78 is 0. The molecular formula is C15H9NO. The Balaban J connectivity index is 2.69. The van der Waals surface area contributed by atoms with Crippen molar-refractivity contribution in [3.8, 4) is 17.9 Å². The Hall–Kier alpha value is -2.58. The number of nitriles is 1. The third-order valence-electron chi connectivity index (χ3n) is 2.47. The summed E-state index contributed by atoms with van der Waals surface area (Å²) >= 11 is 0. The van der Waals surface area contributed by atoms with Crippen molar-refractivity contribution in [3.63, 3.8) is 0 Å². The molecule has 0 aromatic heterocycles. The zero-order chi connectivity index (χ0) is 12.1. The van der Waals surface area contributed by atoms with Gasteiger partial charge in [0.1, 0.15) is 0 Å². The van der Waals surface area contributed by atoms with Crippen molar-refractivity contribution in [3.05, 3.63) is 47.5 Å². The first-order chi connectivity index (χ1) is 8.36. The molecule has 2 aromatic rings. The second-order valence-electron chi connectivity index (χ2n) is 3.51. The van der Waals surface area contributed by atoms with Crippen molar-refractivity contribution in [2.45, 2.75) is 6.42 Å². The zero-order valence-corrected chi connectivity index (χ0v) is 9.10. The molecule has 2 heteroatoms. The van der Waals surface area contributed by atoms with Crippen molar-refractivity contribution in [1.82, 2.24) is 0 Å². The zero-order valence-electron chi connectivity index (χ0n) is 9.10. The molecule has 0 spiro atoms. The van der Waals surface area contributed by atoms with Crippen molar-refractivity contribution < 1.29 is 4.79 Å². The van der Waals surface area contributed by atoms with Crippen LogP contribution in [0.5, 0.6) is 0 Å². The van der Waals surface area contributed by atoms with Crippen LogP contribution in [0.4, 0.5) is 0 Å². The lowest BCUT2D eigenvalue weighted by Gasteiger charge is -2.03. The van der Waals surface area contributed by atoms with E-state index in [0.29, 0.717) is 11.1 Å². The molecule has 0 N–H and O–H groups in total. The number of benzene rings is 2. The van der Waals surface area contributed by atoms with E-state index in [0.717, 1.165) is 17.1 Å². The number of rotatable bonds is 1. The molecule has 0 bridgehead atoms. The molecule has 0 saturated carbocycles. The molecule has 0 heterocycles. The van der Waals surface area contributed by atoms with Gasteiger partial charge >= 0.3 is 0 Å². The first kappa shape index (κ1) is 10.9. The fraction of sp³-hybridized carbons (Fsp3) is 0.0667. The summed E-state index contributed by atoms with van der Waals surface area (Å²) in [7, 11) is 0. The normalized spacial score (nSPS) is 9.12. The molecule has 0 aliphatic carbocycles. The molecule has 0 atom stereocenters. The summed E-state index contributed by atoms with van der Waals surface area (Å²) in [5, 5.41) is 10.4. The molecule has 2 rings (SSSR count). The van der Waals surface area contributed by atoms with Crippen LogP contribution in [-0.2, 0) is 0 Å². The first-order valence-electron chi connectivity index (χ1n) is 5.19. The standard InChI is InChI=1S/C15H9NO/c16-10-4-3-7-15-13(11-17)9-8-12-5-1-2-6-14(12)15/h1-2,5-6,8-9,11H,4H2. The minimum atomic E-state index is 0.168. The van der Waals surface area contributed by atoms with E-state index in [1.54, 1.807) is 6.07 Å². The first-order valence-corrected chi connectivity index (χ1v) is 5.19. The van der Waals surface area contributed by atoms with Gasteiger partial charge < -0.3 is 0 Å². The van der Waals surface area contributed by atoms with Crippen LogP contribution in [0.25, 0.3) is 10.8 Å². The maximum absolute atomic E-state index is 11.0. The third kappa shape index (κ3) is 2.17. The highest BCUT2D eigenvalue weighted by Gasteiger charge is 2.03. The van der Waals surface area contributed by atoms with Crippen LogP contribution in [0.2, 0.25) is 0 Å². The molecule has 0 unspecified atom stereocenters. The van der Waals surface area contributed by atoms with Crippen molar-refractivity contribution >= 4 is 17.1 Å². The third-order valence-corrected chi connectivity index (χ3v) is 2.47. The van der Waals surface area contributed by atoms with Crippen molar-refractivity contribution in [1.29, 1.82) is 5.26 Å². The van der Waals surface area contributed by atoms with Crippen LogP contribution in [0, 0.1) is 23.2 Å². The lowest BCUT2D eigenvalue weighted by Crippen LogP contribution is -1.89. The number of hydrogen-bond donors (Lipinski definition) is 0. The Morgan fingerprint density at radius 3 is 2.76 bits per heavy atom. The minimum Gasteiger partial charge on any atom is -0.298 e. The number of nitrogens with zero attached hydrogens (tertiary/aromatic N) is 1. The quantitative estimate of drug-likeness (QED) is 0.546. The molecule has 0 amide bonds. The Kier molecular flexibility index (Phi) is 3.19. The van der Waals surface area contributed by atoms with Crippen molar-refractivity contribution in [2.75, 3.05) is 0 Å². The molecule has 0 saturated heterocycles. The molecule has 17 heavy (non-hydrogen) atoms. The van der Waals surface area contributed by atoms with Gasteiger partial charge in [-0.05, 0) is 16.8 Å². The van der Waals surface area contributed by atoms with Gasteiger partial charge in [0.15, 0.2) is 6.29 Å². The molecule has 0 aliphatic rings. The van der Waals surface area contributed by atoms with E-state index in [1.165, 1.54) is 0 Å². The number of carbonyl (C=O) groups excluding carboxylic acids is 1. The van der Waals surface area contributed by atoms with Crippen LogP contribution in [0.15, 0.2) is 36.4 Å². The van der Waals surface area contributed by atoms with Gasteiger partial charge in [-0.25, -0.2) is 0 Å². The van der Waals surface area contributed by atoms with E-state index >= 15 is 0 Å². The average molecular weight is 219 g/mol. The van der Waals surface area contributed by atoms with E-state index < -0.39 is 0 Å². The summed E-state index contributed by atoms with van der Waals surface area (Å²) in [6, 6.07) is 13.4. The van der Waals surface area contributed by atoms with Crippen LogP contribution in [-0.4, -0.2) is 6.29 Å². The Labute approximate surface area is 99.5 Å². The highest BCUT2D eigenvalue weighted by Crippen LogP contribution is 2.20. The van der Waals surface area contributed by atoms with Gasteiger partial charge in [0.2, 0.25) is 0 Å². The van der Waals surface area contributed by atoms with Crippen LogP contribution < -0.4 is 0 Å². The predicted molar refractivity (Wildman–Crippen MR) is 66.4 cm³/mol. The Bertz CT molecular complexity index is 669. The Morgan fingerprint density at radius 1 is 1.18 bits per heavy atom. The lowest BCUT2D eigenvalue weighted by atomic mass is 10.00. The van der Waals surface area contributed by atoms with E-state index in [9.17, 15) is 4.79 Å². The summed E-state index contributed by atoms with van der Waals surface area (Å²) in [5.41, 5.74) is 1.27. The fourth-order valence-corrected chi connectivity index (χ4v) is 1.70. The Morgan fingerprint density at radius 2 is 2.00 bits per heavy atom. The van der Waals surface area contributed by atoms with E-state index in [2.05, 4.69) is 11.8 Å². The molecule has 80 valence electrons. The van der Waals surface area contributed by atoms with E-state index in [-0.39, 0.29) is 6.42 Å². The summed E-state index contributed by atoms with van der Waals surface area (Å²) in [6.45, 7) is 0. The van der Waals surface area contributed by atoms with Gasteiger partial charge in [-0.15, -0.1) is 0 Å². The maximum atomic E-state index is 11.0. The van der Waals surface area contributed by atoms with Gasteiger partial charge in [0, 0.05) is 11.1 Å². The second kappa shape index (κ2) is 4.96. The summed E-state index contributed by atoms with van der Waals surface area (Å²) in [4.78, 5) is 11.0. The minimum absolute atomic E-state index is 0.168. The highest BCUT2D eigenvalue weighted by atomic mass is 16.1. The monoisotopic (exact) mass is 219 g/mol. The highest BCUT2D eigenvalue weighted by molar-refractivity contribution is 5.95. The van der Waals surface area contributed by atoms with Crippen molar-refractivity contribution in [2.24, 2.45) is 0 Å². The van der Waals surface area contributed by atoms with Crippen LogP contribution in [0.3, 0.4) is 0 Å². The van der Waals surface area contributed by atoms with E-state index in [4.69, 9.17) is 5.26 Å². The summed E-state index contributed by atoms with van der Waals surface area (Å²) in [5.74, 6) is 5.65. The topological polar surface area (TPSA) is 40.9 Å². The molecular weight excluding hydrogens is 210 g/mol.